The van der Waals surface area contributed by atoms with Gasteiger partial charge in [-0.1, -0.05) is 62.4 Å². The van der Waals surface area contributed by atoms with Crippen LogP contribution in [0.25, 0.3) is 11.3 Å². The average Bonchev–Trinajstić information content (AvgIpc) is 3.52. The fourth-order valence-corrected chi connectivity index (χ4v) is 5.83. The van der Waals surface area contributed by atoms with Gasteiger partial charge in [0.15, 0.2) is 0 Å². The highest BCUT2D eigenvalue weighted by atomic mass is 16.5. The predicted molar refractivity (Wildman–Crippen MR) is 159 cm³/mol. The highest BCUT2D eigenvalue weighted by Gasteiger charge is 2.40. The van der Waals surface area contributed by atoms with Gasteiger partial charge in [-0.05, 0) is 35.7 Å². The molecule has 2 saturated heterocycles. The van der Waals surface area contributed by atoms with E-state index in [2.05, 4.69) is 46.3 Å². The lowest BCUT2D eigenvalue weighted by molar-refractivity contribution is -0.150. The topological polar surface area (TPSA) is 78.3 Å². The van der Waals surface area contributed by atoms with E-state index < -0.39 is 6.04 Å². The Kier molecular flexibility index (Phi) is 9.54. The molecule has 1 N–H and O–H groups in total. The van der Waals surface area contributed by atoms with Gasteiger partial charge in [0, 0.05) is 63.3 Å². The highest BCUT2D eigenvalue weighted by molar-refractivity contribution is 5.89. The fourth-order valence-electron chi connectivity index (χ4n) is 5.83. The fraction of sp³-hybridized carbons (Fsp3) is 0.455. The quantitative estimate of drug-likeness (QED) is 0.425. The second-order valence-corrected chi connectivity index (χ2v) is 11.5. The Labute approximate surface area is 243 Å². The number of amides is 2. The van der Waals surface area contributed by atoms with Crippen molar-refractivity contribution in [3.8, 4) is 11.3 Å². The summed E-state index contributed by atoms with van der Waals surface area (Å²) < 4.78 is 11.0. The van der Waals surface area contributed by atoms with Crippen molar-refractivity contribution in [2.24, 2.45) is 5.92 Å². The van der Waals surface area contributed by atoms with E-state index in [1.807, 2.05) is 55.1 Å². The number of benzene rings is 2. The first-order valence-electron chi connectivity index (χ1n) is 14.7. The van der Waals surface area contributed by atoms with E-state index in [4.69, 9.17) is 9.15 Å². The molecule has 0 spiro atoms. The summed E-state index contributed by atoms with van der Waals surface area (Å²) in [6.45, 7) is 12.5. The van der Waals surface area contributed by atoms with Crippen molar-refractivity contribution in [1.82, 2.24) is 20.0 Å². The van der Waals surface area contributed by atoms with Gasteiger partial charge in [0.25, 0.3) is 0 Å². The number of morpholine rings is 1. The maximum Gasteiger partial charge on any atom is 0.244 e. The van der Waals surface area contributed by atoms with Gasteiger partial charge in [0.1, 0.15) is 11.8 Å². The molecule has 2 aliphatic heterocycles. The molecule has 41 heavy (non-hydrogen) atoms. The van der Waals surface area contributed by atoms with Crippen LogP contribution in [0.15, 0.2) is 71.3 Å². The molecule has 2 aliphatic rings. The molecule has 2 unspecified atom stereocenters. The highest BCUT2D eigenvalue weighted by Crippen LogP contribution is 2.24. The second kappa shape index (κ2) is 13.5. The predicted octanol–water partition coefficient (Wildman–Crippen LogP) is 4.15. The van der Waals surface area contributed by atoms with Gasteiger partial charge in [-0.25, -0.2) is 0 Å². The van der Waals surface area contributed by atoms with Crippen LogP contribution < -0.4 is 5.32 Å². The Morgan fingerprint density at radius 2 is 1.59 bits per heavy atom. The summed E-state index contributed by atoms with van der Waals surface area (Å²) in [5.74, 6) is 0.536. The molecular weight excluding hydrogens is 516 g/mol. The van der Waals surface area contributed by atoms with E-state index >= 15 is 0 Å². The van der Waals surface area contributed by atoms with Gasteiger partial charge in [-0.3, -0.25) is 19.4 Å². The molecule has 1 aromatic heterocycles. The molecule has 2 fully saturated rings. The van der Waals surface area contributed by atoms with Gasteiger partial charge in [0.05, 0.1) is 19.5 Å². The van der Waals surface area contributed by atoms with Crippen LogP contribution in [0.1, 0.15) is 37.5 Å². The third kappa shape index (κ3) is 7.25. The molecule has 2 aromatic carbocycles. The molecule has 8 heteroatoms. The molecule has 0 radical (unpaired) electrons. The van der Waals surface area contributed by atoms with Crippen molar-refractivity contribution in [2.75, 3.05) is 39.4 Å². The zero-order chi connectivity index (χ0) is 28.8. The molecule has 0 saturated carbocycles. The van der Waals surface area contributed by atoms with Crippen LogP contribution >= 0.6 is 0 Å². The number of carbonyl (C=O) groups is 2. The van der Waals surface area contributed by atoms with Crippen molar-refractivity contribution in [1.29, 1.82) is 0 Å². The first-order valence-corrected chi connectivity index (χ1v) is 14.7. The Morgan fingerprint density at radius 1 is 0.902 bits per heavy atom. The Hall–Kier alpha value is -3.46. The Balaban J connectivity index is 1.27. The molecule has 5 rings (SSSR count). The van der Waals surface area contributed by atoms with E-state index in [0.29, 0.717) is 13.1 Å². The average molecular weight is 559 g/mol. The van der Waals surface area contributed by atoms with Gasteiger partial charge < -0.3 is 19.4 Å². The molecule has 8 nitrogen and oxygen atoms in total. The first kappa shape index (κ1) is 29.0. The zero-order valence-corrected chi connectivity index (χ0v) is 24.4. The van der Waals surface area contributed by atoms with Crippen molar-refractivity contribution < 1.29 is 18.7 Å². The Bertz CT molecular complexity index is 1280. The molecule has 218 valence electrons. The van der Waals surface area contributed by atoms with Crippen LogP contribution in [0.4, 0.5) is 0 Å². The van der Waals surface area contributed by atoms with Crippen LogP contribution in [0.2, 0.25) is 0 Å². The lowest BCUT2D eigenvalue weighted by atomic mass is 10.00. The summed E-state index contributed by atoms with van der Waals surface area (Å²) in [4.78, 5) is 33.5. The number of hydrogen-bond donors (Lipinski definition) is 1. The number of rotatable bonds is 9. The van der Waals surface area contributed by atoms with Gasteiger partial charge in [0.2, 0.25) is 11.8 Å². The number of ether oxygens (including phenoxy) is 1. The van der Waals surface area contributed by atoms with Gasteiger partial charge in [-0.2, -0.15) is 0 Å². The van der Waals surface area contributed by atoms with E-state index in [-0.39, 0.29) is 23.8 Å². The minimum absolute atomic E-state index is 0.0211. The number of furan rings is 1. The van der Waals surface area contributed by atoms with Crippen LogP contribution in [0.3, 0.4) is 0 Å². The summed E-state index contributed by atoms with van der Waals surface area (Å²) in [5.41, 5.74) is 4.56. The smallest absolute Gasteiger partial charge is 0.244 e. The maximum atomic E-state index is 13.7. The summed E-state index contributed by atoms with van der Waals surface area (Å²) >= 11 is 0. The molecule has 3 heterocycles. The monoisotopic (exact) mass is 558 g/mol. The van der Waals surface area contributed by atoms with Crippen LogP contribution in [0.5, 0.6) is 0 Å². The number of carbonyl (C=O) groups excluding carboxylic acids is 2. The third-order valence-corrected chi connectivity index (χ3v) is 8.05. The second-order valence-electron chi connectivity index (χ2n) is 11.5. The van der Waals surface area contributed by atoms with Gasteiger partial charge in [-0.15, -0.1) is 0 Å². The lowest BCUT2D eigenvalue weighted by Gasteiger charge is -2.45. The van der Waals surface area contributed by atoms with Crippen molar-refractivity contribution >= 4 is 11.8 Å². The van der Waals surface area contributed by atoms with Crippen molar-refractivity contribution in [2.45, 2.75) is 52.5 Å². The van der Waals surface area contributed by atoms with Crippen molar-refractivity contribution in [3.05, 3.63) is 83.6 Å². The summed E-state index contributed by atoms with van der Waals surface area (Å²) in [5, 5.41) is 3.12. The lowest BCUT2D eigenvalue weighted by Crippen LogP contribution is -2.64. The van der Waals surface area contributed by atoms with E-state index in [0.717, 1.165) is 62.8 Å². The van der Waals surface area contributed by atoms with Crippen LogP contribution in [0, 0.1) is 5.92 Å². The molecule has 0 aliphatic carbocycles. The third-order valence-electron chi connectivity index (χ3n) is 8.05. The standard InChI is InChI=1S/C33H42N4O4/c1-24(2)33(39)37-25(3)20-36(22-29-8-5-4-7-28(29)21-35-14-17-40-18-15-35)23-30(37)32(38)34-19-26-10-12-27(13-11-26)31-9-6-16-41-31/h4-13,16,24-25,30H,14-15,17-23H2,1-3H3,(H,34,38). The number of nitrogens with zero attached hydrogens (tertiary/aromatic N) is 3. The summed E-state index contributed by atoms with van der Waals surface area (Å²) in [6.07, 6.45) is 1.66. The van der Waals surface area contributed by atoms with Crippen LogP contribution in [-0.2, 0) is 34.0 Å². The Morgan fingerprint density at radius 3 is 2.22 bits per heavy atom. The summed E-state index contributed by atoms with van der Waals surface area (Å²) in [7, 11) is 0. The summed E-state index contributed by atoms with van der Waals surface area (Å²) in [6, 6.07) is 19.7. The number of piperazine rings is 1. The molecular formula is C33H42N4O4. The van der Waals surface area contributed by atoms with Crippen molar-refractivity contribution in [3.63, 3.8) is 0 Å². The maximum absolute atomic E-state index is 13.7. The molecule has 2 atom stereocenters. The molecule has 3 aromatic rings. The van der Waals surface area contributed by atoms with E-state index in [1.54, 1.807) is 6.26 Å². The number of nitrogens with one attached hydrogen (secondary N) is 1. The molecule has 0 bridgehead atoms. The SMILES string of the molecule is CC(C)C(=O)N1C(C)CN(Cc2ccccc2CN2CCOCC2)CC1C(=O)NCc1ccc(-c2ccco2)cc1. The van der Waals surface area contributed by atoms with E-state index in [9.17, 15) is 9.59 Å². The minimum Gasteiger partial charge on any atom is -0.464 e. The van der Waals surface area contributed by atoms with E-state index in [1.165, 1.54) is 11.1 Å². The normalized spacial score (nSPS) is 20.3. The van der Waals surface area contributed by atoms with Crippen LogP contribution in [-0.4, -0.2) is 78.0 Å². The molecule has 2 amide bonds. The largest absolute Gasteiger partial charge is 0.464 e. The zero-order valence-electron chi connectivity index (χ0n) is 24.4. The number of hydrogen-bond acceptors (Lipinski definition) is 6. The minimum atomic E-state index is -0.553. The first-order chi connectivity index (χ1) is 19.9. The van der Waals surface area contributed by atoms with Gasteiger partial charge >= 0.3 is 0 Å².